The lowest BCUT2D eigenvalue weighted by atomic mass is 9.70. The van der Waals surface area contributed by atoms with E-state index in [2.05, 4.69) is 95.3 Å². The summed E-state index contributed by atoms with van der Waals surface area (Å²) < 4.78 is 6.92. The maximum absolute atomic E-state index is 13.2. The summed E-state index contributed by atoms with van der Waals surface area (Å²) in [6.07, 6.45) is 1.43. The van der Waals surface area contributed by atoms with Gasteiger partial charge in [-0.15, -0.1) is 0 Å². The van der Waals surface area contributed by atoms with Crippen molar-refractivity contribution < 1.29 is 9.84 Å². The summed E-state index contributed by atoms with van der Waals surface area (Å²) in [7, 11) is 1.66. The zero-order chi connectivity index (χ0) is 28.1. The highest BCUT2D eigenvalue weighted by molar-refractivity contribution is 9.10. The molecule has 5 rings (SSSR count). The van der Waals surface area contributed by atoms with Crippen molar-refractivity contribution >= 4 is 37.6 Å². The van der Waals surface area contributed by atoms with Gasteiger partial charge in [0.25, 0.3) is 0 Å². The van der Waals surface area contributed by atoms with Crippen LogP contribution in [0, 0.1) is 0 Å². The fourth-order valence-electron chi connectivity index (χ4n) is 6.02. The number of ether oxygens (including phenoxy) is 1. The Bertz CT molecular complexity index is 1580. The molecule has 0 fully saturated rings. The molecule has 0 saturated heterocycles. The molecule has 0 spiro atoms. The minimum atomic E-state index is -1.23. The number of rotatable bonds is 11. The first-order valence-corrected chi connectivity index (χ1v) is 14.9. The number of aliphatic hydroxyl groups is 1. The summed E-state index contributed by atoms with van der Waals surface area (Å²) in [5, 5.41) is 16.4. The van der Waals surface area contributed by atoms with Crippen LogP contribution in [0.4, 0.5) is 0 Å². The van der Waals surface area contributed by atoms with Gasteiger partial charge < -0.3 is 14.7 Å². The molecular weight excluding hydrogens is 560 g/mol. The smallest absolute Gasteiger partial charge is 0.217 e. The predicted molar refractivity (Wildman–Crippen MR) is 169 cm³/mol. The topological polar surface area (TPSA) is 45.6 Å². The zero-order valence-corrected chi connectivity index (χ0v) is 25.1. The predicted octanol–water partition coefficient (Wildman–Crippen LogP) is 8.30. The maximum atomic E-state index is 13.2. The first-order valence-electron chi connectivity index (χ1n) is 14.1. The molecule has 2 atom stereocenters. The minimum absolute atomic E-state index is 0.415. The Morgan fingerprint density at radius 3 is 2.35 bits per heavy atom. The van der Waals surface area contributed by atoms with Gasteiger partial charge in [-0.2, -0.15) is 0 Å². The van der Waals surface area contributed by atoms with Crippen molar-refractivity contribution in [3.8, 4) is 5.88 Å². The van der Waals surface area contributed by atoms with Gasteiger partial charge in [-0.05, 0) is 78.6 Å². The van der Waals surface area contributed by atoms with Crippen LogP contribution in [0.3, 0.4) is 0 Å². The highest BCUT2D eigenvalue weighted by Gasteiger charge is 2.43. The largest absolute Gasteiger partial charge is 0.481 e. The lowest BCUT2D eigenvalue weighted by Crippen LogP contribution is -2.36. The van der Waals surface area contributed by atoms with Gasteiger partial charge >= 0.3 is 0 Å². The first kappa shape index (κ1) is 28.3. The summed E-state index contributed by atoms with van der Waals surface area (Å²) in [6, 6.07) is 33.1. The summed E-state index contributed by atoms with van der Waals surface area (Å²) in [5.74, 6) is 0.119. The average molecular weight is 598 g/mol. The van der Waals surface area contributed by atoms with E-state index in [1.54, 1.807) is 7.11 Å². The fraction of sp³-hybridized carbons (Fsp3) is 0.286. The number of pyridine rings is 1. The molecule has 0 saturated carbocycles. The molecule has 0 aliphatic heterocycles. The van der Waals surface area contributed by atoms with E-state index in [9.17, 15) is 5.11 Å². The van der Waals surface area contributed by atoms with E-state index in [4.69, 9.17) is 9.72 Å². The molecule has 1 heterocycles. The van der Waals surface area contributed by atoms with Gasteiger partial charge in [-0.1, -0.05) is 103 Å². The molecule has 0 aliphatic rings. The van der Waals surface area contributed by atoms with Gasteiger partial charge in [-0.25, -0.2) is 4.98 Å². The molecule has 2 unspecified atom stereocenters. The van der Waals surface area contributed by atoms with Gasteiger partial charge in [-0.3, -0.25) is 0 Å². The average Bonchev–Trinajstić information content (AvgIpc) is 2.99. The van der Waals surface area contributed by atoms with E-state index >= 15 is 0 Å². The van der Waals surface area contributed by atoms with Crippen LogP contribution in [0.15, 0.2) is 102 Å². The molecule has 5 heteroatoms. The van der Waals surface area contributed by atoms with Crippen LogP contribution in [-0.4, -0.2) is 41.7 Å². The third kappa shape index (κ3) is 5.64. The Hall–Kier alpha value is -3.25. The van der Waals surface area contributed by atoms with Crippen molar-refractivity contribution in [2.24, 2.45) is 0 Å². The molecule has 1 aromatic heterocycles. The van der Waals surface area contributed by atoms with Gasteiger partial charge in [0.2, 0.25) is 5.88 Å². The molecule has 206 valence electrons. The minimum Gasteiger partial charge on any atom is -0.481 e. The SMILES string of the molecule is CCN(CC)CCCC(O)(c1cccc2ccccc12)C(c1ccccc1)c1cc2cc(Br)ccc2nc1OC. The molecule has 40 heavy (non-hydrogen) atoms. The Labute approximate surface area is 245 Å². The van der Waals surface area contributed by atoms with Crippen LogP contribution < -0.4 is 4.74 Å². The van der Waals surface area contributed by atoms with Crippen molar-refractivity contribution in [1.82, 2.24) is 9.88 Å². The Kier molecular flexibility index (Phi) is 8.84. The number of benzene rings is 4. The number of hydrogen-bond donors (Lipinski definition) is 1. The monoisotopic (exact) mass is 596 g/mol. The summed E-state index contributed by atoms with van der Waals surface area (Å²) in [6.45, 7) is 7.28. The van der Waals surface area contributed by atoms with E-state index in [1.807, 2.05) is 36.4 Å². The molecule has 4 aromatic carbocycles. The van der Waals surface area contributed by atoms with Gasteiger partial charge in [0.05, 0.1) is 12.6 Å². The summed E-state index contributed by atoms with van der Waals surface area (Å²) >= 11 is 3.63. The Balaban J connectivity index is 1.77. The van der Waals surface area contributed by atoms with E-state index in [0.717, 1.165) is 68.9 Å². The first-order chi connectivity index (χ1) is 19.5. The molecule has 0 amide bonds. The van der Waals surface area contributed by atoms with Crippen molar-refractivity contribution in [3.63, 3.8) is 0 Å². The fourth-order valence-corrected chi connectivity index (χ4v) is 6.40. The van der Waals surface area contributed by atoms with E-state index in [1.165, 1.54) is 0 Å². The molecule has 4 nitrogen and oxygen atoms in total. The van der Waals surface area contributed by atoms with Gasteiger partial charge in [0.15, 0.2) is 0 Å². The normalized spacial score (nSPS) is 13.9. The Morgan fingerprint density at radius 1 is 0.875 bits per heavy atom. The van der Waals surface area contributed by atoms with Crippen LogP contribution >= 0.6 is 15.9 Å². The van der Waals surface area contributed by atoms with E-state index in [-0.39, 0.29) is 0 Å². The lowest BCUT2D eigenvalue weighted by molar-refractivity contribution is 0.00686. The van der Waals surface area contributed by atoms with E-state index < -0.39 is 11.5 Å². The number of hydrogen-bond acceptors (Lipinski definition) is 4. The maximum Gasteiger partial charge on any atom is 0.217 e. The van der Waals surface area contributed by atoms with Crippen LogP contribution in [0.25, 0.3) is 21.7 Å². The third-order valence-corrected chi connectivity index (χ3v) is 8.56. The molecule has 5 aromatic rings. The van der Waals surface area contributed by atoms with Gasteiger partial charge in [0, 0.05) is 21.3 Å². The van der Waals surface area contributed by atoms with E-state index in [0.29, 0.717) is 12.3 Å². The molecule has 0 radical (unpaired) electrons. The van der Waals surface area contributed by atoms with Crippen molar-refractivity contribution in [1.29, 1.82) is 0 Å². The van der Waals surface area contributed by atoms with Crippen LogP contribution in [-0.2, 0) is 5.60 Å². The lowest BCUT2D eigenvalue weighted by Gasteiger charge is -2.39. The highest BCUT2D eigenvalue weighted by atomic mass is 79.9. The number of halogens is 1. The number of fused-ring (bicyclic) bond motifs is 2. The summed E-state index contributed by atoms with van der Waals surface area (Å²) in [4.78, 5) is 7.34. The highest BCUT2D eigenvalue weighted by Crippen LogP contribution is 2.49. The van der Waals surface area contributed by atoms with Crippen molar-refractivity contribution in [2.75, 3.05) is 26.7 Å². The summed E-state index contributed by atoms with van der Waals surface area (Å²) in [5.41, 5.74) is 2.44. The zero-order valence-electron chi connectivity index (χ0n) is 23.5. The molecule has 0 bridgehead atoms. The molecular formula is C35H37BrN2O2. The number of nitrogens with zero attached hydrogens (tertiary/aromatic N) is 2. The van der Waals surface area contributed by atoms with Crippen LogP contribution in [0.2, 0.25) is 0 Å². The second kappa shape index (κ2) is 12.5. The number of aromatic nitrogens is 1. The number of methoxy groups -OCH3 is 1. The quantitative estimate of drug-likeness (QED) is 0.166. The van der Waals surface area contributed by atoms with Gasteiger partial charge in [0.1, 0.15) is 5.60 Å². The third-order valence-electron chi connectivity index (χ3n) is 8.07. The van der Waals surface area contributed by atoms with Crippen molar-refractivity contribution in [2.45, 2.75) is 38.2 Å². The second-order valence-corrected chi connectivity index (χ2v) is 11.3. The molecule has 1 N–H and O–H groups in total. The van der Waals surface area contributed by atoms with Crippen LogP contribution in [0.5, 0.6) is 5.88 Å². The van der Waals surface area contributed by atoms with Crippen molar-refractivity contribution in [3.05, 3.63) is 118 Å². The molecule has 0 aliphatic carbocycles. The standard InChI is InChI=1S/C35H37BrN2O2/c1-4-38(5-2)22-12-21-35(39,31-18-11-16-25-13-9-10-17-29(25)31)33(26-14-7-6-8-15-26)30-24-27-23-28(36)19-20-32(27)37-34(30)40-3/h6-11,13-20,23-24,33,39H,4-5,12,21-22H2,1-3H3. The Morgan fingerprint density at radius 2 is 1.60 bits per heavy atom. The second-order valence-electron chi connectivity index (χ2n) is 10.3. The van der Waals surface area contributed by atoms with Crippen LogP contribution in [0.1, 0.15) is 49.3 Å².